The Labute approximate surface area is 176 Å². The van der Waals surface area contributed by atoms with Gasteiger partial charge in [-0.25, -0.2) is 0 Å². The number of likely N-dealkylation sites (N-methyl/N-ethyl adjacent to an activating group) is 1. The van der Waals surface area contributed by atoms with E-state index in [0.717, 1.165) is 63.9 Å². The van der Waals surface area contributed by atoms with E-state index in [-0.39, 0.29) is 24.0 Å². The van der Waals surface area contributed by atoms with Crippen molar-refractivity contribution in [1.82, 2.24) is 15.5 Å². The number of guanidine groups is 1. The number of benzene rings is 1. The number of rotatable bonds is 10. The lowest BCUT2D eigenvalue weighted by Crippen LogP contribution is -2.39. The number of nitrogens with zero attached hydrogens (tertiary/aromatic N) is 2. The molecule has 1 aliphatic rings. The normalized spacial score (nSPS) is 13.2. The highest BCUT2D eigenvalue weighted by Gasteiger charge is 2.11. The lowest BCUT2D eigenvalue weighted by molar-refractivity contribution is 0.337. The molecule has 26 heavy (non-hydrogen) atoms. The van der Waals surface area contributed by atoms with Gasteiger partial charge < -0.3 is 20.3 Å². The molecule has 1 aliphatic heterocycles. The molecule has 1 aromatic carbocycles. The minimum absolute atomic E-state index is 0. The fourth-order valence-corrected chi connectivity index (χ4v) is 2.93. The topological polar surface area (TPSA) is 48.9 Å². The summed E-state index contributed by atoms with van der Waals surface area (Å²) in [5.41, 5.74) is 2.69. The summed E-state index contributed by atoms with van der Waals surface area (Å²) < 4.78 is 5.57. The predicted molar refractivity (Wildman–Crippen MR) is 121 cm³/mol. The fourth-order valence-electron chi connectivity index (χ4n) is 2.93. The molecule has 0 aromatic heterocycles. The van der Waals surface area contributed by atoms with Crippen molar-refractivity contribution in [2.24, 2.45) is 4.99 Å². The van der Waals surface area contributed by atoms with Crippen LogP contribution >= 0.6 is 24.0 Å². The van der Waals surface area contributed by atoms with Gasteiger partial charge in [-0.3, -0.25) is 4.99 Å². The van der Waals surface area contributed by atoms with Crippen LogP contribution in [-0.2, 0) is 12.8 Å². The Balaban J connectivity index is 0.00000338. The summed E-state index contributed by atoms with van der Waals surface area (Å²) in [7, 11) is 2.17. The van der Waals surface area contributed by atoms with Crippen molar-refractivity contribution in [2.75, 3.05) is 46.4 Å². The molecule has 6 heteroatoms. The molecule has 0 saturated heterocycles. The molecule has 0 aliphatic carbocycles. The van der Waals surface area contributed by atoms with Gasteiger partial charge in [-0.05, 0) is 50.6 Å². The van der Waals surface area contributed by atoms with Gasteiger partial charge in [0, 0.05) is 26.1 Å². The molecule has 0 fully saturated rings. The second-order valence-electron chi connectivity index (χ2n) is 6.63. The Bertz CT molecular complexity index is 551. The molecule has 1 heterocycles. The van der Waals surface area contributed by atoms with E-state index in [4.69, 9.17) is 4.74 Å². The van der Waals surface area contributed by atoms with E-state index < -0.39 is 0 Å². The summed E-state index contributed by atoms with van der Waals surface area (Å²) in [5, 5.41) is 6.77. The third-order valence-electron chi connectivity index (χ3n) is 4.45. The van der Waals surface area contributed by atoms with Crippen LogP contribution in [0.2, 0.25) is 0 Å². The SMILES string of the molecule is CCCCN(C)CCN=C(NCC)NCCc1ccc2c(c1)CCO2.I. The molecule has 5 nitrogen and oxygen atoms in total. The number of fused-ring (bicyclic) bond motifs is 1. The minimum atomic E-state index is 0. The standard InChI is InChI=1S/C20H34N4O.HI/c1-4-6-13-24(3)14-12-23-20(21-5-2)22-11-9-17-7-8-19-18(16-17)10-15-25-19;/h7-8,16H,4-6,9-15H2,1-3H3,(H2,21,22,23);1H. The van der Waals surface area contributed by atoms with Crippen LogP contribution in [0.15, 0.2) is 23.2 Å². The molecule has 148 valence electrons. The van der Waals surface area contributed by atoms with E-state index in [0.29, 0.717) is 0 Å². The number of nitrogens with one attached hydrogen (secondary N) is 2. The zero-order valence-corrected chi connectivity index (χ0v) is 18.8. The van der Waals surface area contributed by atoms with Gasteiger partial charge in [-0.1, -0.05) is 25.5 Å². The lowest BCUT2D eigenvalue weighted by atomic mass is 10.1. The molecule has 2 N–H and O–H groups in total. The second-order valence-corrected chi connectivity index (χ2v) is 6.63. The third kappa shape index (κ3) is 8.12. The molecule has 0 saturated carbocycles. The molecular weight excluding hydrogens is 439 g/mol. The minimum Gasteiger partial charge on any atom is -0.493 e. The van der Waals surface area contributed by atoms with Gasteiger partial charge in [-0.15, -0.1) is 24.0 Å². The Morgan fingerprint density at radius 3 is 2.85 bits per heavy atom. The van der Waals surface area contributed by atoms with Crippen molar-refractivity contribution in [2.45, 2.75) is 39.5 Å². The van der Waals surface area contributed by atoms with Crippen LogP contribution in [0.1, 0.15) is 37.8 Å². The van der Waals surface area contributed by atoms with Gasteiger partial charge in [-0.2, -0.15) is 0 Å². The van der Waals surface area contributed by atoms with Crippen molar-refractivity contribution < 1.29 is 4.74 Å². The van der Waals surface area contributed by atoms with Crippen molar-refractivity contribution in [3.63, 3.8) is 0 Å². The number of aliphatic imine (C=N–C) groups is 1. The molecule has 0 unspecified atom stereocenters. The summed E-state index contributed by atoms with van der Waals surface area (Å²) in [6.07, 6.45) is 4.53. The average Bonchev–Trinajstić information content (AvgIpc) is 3.07. The maximum absolute atomic E-state index is 5.57. The van der Waals surface area contributed by atoms with E-state index >= 15 is 0 Å². The zero-order chi connectivity index (χ0) is 17.9. The van der Waals surface area contributed by atoms with Crippen LogP contribution in [-0.4, -0.2) is 57.2 Å². The van der Waals surface area contributed by atoms with Gasteiger partial charge in [0.05, 0.1) is 13.2 Å². The smallest absolute Gasteiger partial charge is 0.191 e. The Morgan fingerprint density at radius 1 is 1.23 bits per heavy atom. The van der Waals surface area contributed by atoms with Gasteiger partial charge in [0.2, 0.25) is 0 Å². The first-order valence-corrected chi connectivity index (χ1v) is 9.68. The first-order valence-electron chi connectivity index (χ1n) is 9.68. The number of halogens is 1. The van der Waals surface area contributed by atoms with E-state index in [1.165, 1.54) is 24.0 Å². The Hall–Kier alpha value is -1.02. The fraction of sp³-hybridized carbons (Fsp3) is 0.650. The number of hydrogen-bond acceptors (Lipinski definition) is 3. The summed E-state index contributed by atoms with van der Waals surface area (Å²) in [4.78, 5) is 7.03. The first-order chi connectivity index (χ1) is 12.2. The van der Waals surface area contributed by atoms with Gasteiger partial charge >= 0.3 is 0 Å². The Kier molecular flexibility index (Phi) is 11.7. The number of ether oxygens (including phenoxy) is 1. The molecule has 0 atom stereocenters. The first kappa shape index (κ1) is 23.0. The largest absolute Gasteiger partial charge is 0.493 e. The average molecular weight is 474 g/mol. The highest BCUT2D eigenvalue weighted by Crippen LogP contribution is 2.25. The highest BCUT2D eigenvalue weighted by atomic mass is 127. The van der Waals surface area contributed by atoms with Crippen molar-refractivity contribution in [3.05, 3.63) is 29.3 Å². The van der Waals surface area contributed by atoms with Crippen molar-refractivity contribution in [1.29, 1.82) is 0 Å². The van der Waals surface area contributed by atoms with E-state index in [9.17, 15) is 0 Å². The zero-order valence-electron chi connectivity index (χ0n) is 16.5. The second kappa shape index (κ2) is 13.2. The maximum Gasteiger partial charge on any atom is 0.191 e. The summed E-state index contributed by atoms with van der Waals surface area (Å²) in [6, 6.07) is 6.54. The monoisotopic (exact) mass is 474 g/mol. The Morgan fingerprint density at radius 2 is 2.08 bits per heavy atom. The molecule has 0 radical (unpaired) electrons. The molecular formula is C20H35IN4O. The quantitative estimate of drug-likeness (QED) is 0.311. The molecule has 2 rings (SSSR count). The summed E-state index contributed by atoms with van der Waals surface area (Å²) >= 11 is 0. The van der Waals surface area contributed by atoms with Crippen molar-refractivity contribution in [3.8, 4) is 5.75 Å². The number of hydrogen-bond donors (Lipinski definition) is 2. The van der Waals surface area contributed by atoms with Crippen LogP contribution in [0.3, 0.4) is 0 Å². The molecule has 0 bridgehead atoms. The van der Waals surface area contributed by atoms with Crippen LogP contribution in [0.25, 0.3) is 0 Å². The number of unbranched alkanes of at least 4 members (excludes halogenated alkanes) is 1. The van der Waals surface area contributed by atoms with Gasteiger partial charge in [0.15, 0.2) is 5.96 Å². The van der Waals surface area contributed by atoms with E-state index in [1.807, 2.05) is 0 Å². The highest BCUT2D eigenvalue weighted by molar-refractivity contribution is 14.0. The van der Waals surface area contributed by atoms with Gasteiger partial charge in [0.25, 0.3) is 0 Å². The summed E-state index contributed by atoms with van der Waals surface area (Å²) in [5.74, 6) is 1.97. The summed E-state index contributed by atoms with van der Waals surface area (Å²) in [6.45, 7) is 9.90. The molecule has 1 aromatic rings. The van der Waals surface area contributed by atoms with Crippen molar-refractivity contribution >= 4 is 29.9 Å². The maximum atomic E-state index is 5.57. The van der Waals surface area contributed by atoms with Crippen LogP contribution < -0.4 is 15.4 Å². The molecule has 0 spiro atoms. The van der Waals surface area contributed by atoms with Crippen LogP contribution in [0, 0.1) is 0 Å². The molecule has 0 amide bonds. The third-order valence-corrected chi connectivity index (χ3v) is 4.45. The lowest BCUT2D eigenvalue weighted by Gasteiger charge is -2.16. The van der Waals surface area contributed by atoms with E-state index in [2.05, 4.69) is 59.6 Å². The van der Waals surface area contributed by atoms with E-state index in [1.54, 1.807) is 0 Å². The predicted octanol–water partition coefficient (Wildman–Crippen LogP) is 3.07. The van der Waals surface area contributed by atoms with Crippen LogP contribution in [0.5, 0.6) is 5.75 Å². The van der Waals surface area contributed by atoms with Crippen LogP contribution in [0.4, 0.5) is 0 Å². The van der Waals surface area contributed by atoms with Gasteiger partial charge in [0.1, 0.15) is 5.75 Å².